The minimum absolute atomic E-state index is 0.000209. The largest absolute Gasteiger partial charge is 0.349 e. The van der Waals surface area contributed by atoms with Gasteiger partial charge in [0.2, 0.25) is 5.91 Å². The Morgan fingerprint density at radius 1 is 1.00 bits per heavy atom. The fourth-order valence-corrected chi connectivity index (χ4v) is 4.83. The number of hydrogen-bond donors (Lipinski definition) is 1. The average molecular weight is 446 g/mol. The molecule has 3 aromatic carbocycles. The zero-order chi connectivity index (χ0) is 22.7. The molecule has 5 nitrogen and oxygen atoms in total. The van der Waals surface area contributed by atoms with Gasteiger partial charge in [0.05, 0.1) is 22.7 Å². The summed E-state index contributed by atoms with van der Waals surface area (Å²) in [5, 5.41) is 6.57. The number of carbonyl (C=O) groups excluding carboxylic acids is 1. The average Bonchev–Trinajstić information content (AvgIpc) is 2.82. The number of fused-ring (bicyclic) bond motifs is 2. The molecule has 0 saturated heterocycles. The Hall–Kier alpha value is -3.12. The minimum Gasteiger partial charge on any atom is -0.349 e. The van der Waals surface area contributed by atoms with Gasteiger partial charge < -0.3 is 5.32 Å². The van der Waals surface area contributed by atoms with Crippen molar-refractivity contribution in [1.82, 2.24) is 14.9 Å². The van der Waals surface area contributed by atoms with Crippen molar-refractivity contribution >= 4 is 39.3 Å². The molecule has 6 heteroatoms. The van der Waals surface area contributed by atoms with Gasteiger partial charge in [0.1, 0.15) is 0 Å². The quantitative estimate of drug-likeness (QED) is 0.302. The number of benzene rings is 3. The van der Waals surface area contributed by atoms with E-state index in [-0.39, 0.29) is 29.3 Å². The molecule has 0 radical (unpaired) electrons. The van der Waals surface area contributed by atoms with Crippen LogP contribution in [0.5, 0.6) is 0 Å². The fraction of sp³-hybridized carbons (Fsp3) is 0.269. The van der Waals surface area contributed by atoms with E-state index in [1.54, 1.807) is 10.6 Å². The Balaban J connectivity index is 1.54. The molecule has 4 aromatic rings. The summed E-state index contributed by atoms with van der Waals surface area (Å²) in [6, 6.07) is 21.5. The first-order valence-corrected chi connectivity index (χ1v) is 11.9. The van der Waals surface area contributed by atoms with E-state index < -0.39 is 0 Å². The normalized spacial score (nSPS) is 13.2. The van der Waals surface area contributed by atoms with Gasteiger partial charge in [-0.2, -0.15) is 0 Å². The van der Waals surface area contributed by atoms with Crippen LogP contribution in [0, 0.1) is 0 Å². The van der Waals surface area contributed by atoms with Crippen LogP contribution >= 0.6 is 11.8 Å². The summed E-state index contributed by atoms with van der Waals surface area (Å²) in [6.45, 7) is 6.04. The summed E-state index contributed by atoms with van der Waals surface area (Å²) in [5.74, 6) is 0.101. The van der Waals surface area contributed by atoms with Gasteiger partial charge in [0.15, 0.2) is 5.16 Å². The molecule has 2 atom stereocenters. The van der Waals surface area contributed by atoms with Crippen LogP contribution in [0.3, 0.4) is 0 Å². The summed E-state index contributed by atoms with van der Waals surface area (Å²) < 4.78 is 1.72. The molecule has 0 aliphatic heterocycles. The zero-order valence-electron chi connectivity index (χ0n) is 18.5. The lowest BCUT2D eigenvalue weighted by atomic mass is 10.00. The van der Waals surface area contributed by atoms with E-state index in [9.17, 15) is 9.59 Å². The van der Waals surface area contributed by atoms with E-state index in [0.29, 0.717) is 16.1 Å². The van der Waals surface area contributed by atoms with E-state index >= 15 is 0 Å². The predicted molar refractivity (Wildman–Crippen MR) is 132 cm³/mol. The van der Waals surface area contributed by atoms with Crippen LogP contribution in [-0.2, 0) is 4.79 Å². The van der Waals surface area contributed by atoms with Crippen LogP contribution < -0.4 is 10.9 Å². The highest BCUT2D eigenvalue weighted by Gasteiger charge is 2.18. The summed E-state index contributed by atoms with van der Waals surface area (Å²) in [6.07, 6.45) is 0.803. The van der Waals surface area contributed by atoms with Crippen molar-refractivity contribution in [2.45, 2.75) is 44.4 Å². The molecule has 1 N–H and O–H groups in total. The Morgan fingerprint density at radius 3 is 2.47 bits per heavy atom. The van der Waals surface area contributed by atoms with Crippen molar-refractivity contribution in [3.63, 3.8) is 0 Å². The molecule has 0 saturated carbocycles. The van der Waals surface area contributed by atoms with Crippen LogP contribution in [0.2, 0.25) is 0 Å². The Kier molecular flexibility index (Phi) is 6.61. The van der Waals surface area contributed by atoms with Gasteiger partial charge in [-0.25, -0.2) is 4.98 Å². The number of thioether (sulfide) groups is 1. The van der Waals surface area contributed by atoms with Gasteiger partial charge in [0.25, 0.3) is 5.56 Å². The highest BCUT2D eigenvalue weighted by atomic mass is 32.2. The Morgan fingerprint density at radius 2 is 1.69 bits per heavy atom. The van der Waals surface area contributed by atoms with E-state index in [1.807, 2.05) is 63.2 Å². The van der Waals surface area contributed by atoms with Crippen molar-refractivity contribution in [3.8, 4) is 0 Å². The van der Waals surface area contributed by atoms with E-state index in [4.69, 9.17) is 4.98 Å². The van der Waals surface area contributed by atoms with Gasteiger partial charge in [-0.1, -0.05) is 73.3 Å². The molecule has 0 spiro atoms. The van der Waals surface area contributed by atoms with Crippen LogP contribution in [0.25, 0.3) is 21.7 Å². The molecule has 0 fully saturated rings. The number of nitrogens with one attached hydrogen (secondary N) is 1. The molecular formula is C26H27N3O2S. The summed E-state index contributed by atoms with van der Waals surface area (Å²) in [4.78, 5) is 30.6. The van der Waals surface area contributed by atoms with Gasteiger partial charge in [-0.15, -0.1) is 0 Å². The van der Waals surface area contributed by atoms with Gasteiger partial charge >= 0.3 is 0 Å². The van der Waals surface area contributed by atoms with Crippen LogP contribution in [-0.4, -0.2) is 21.2 Å². The first kappa shape index (κ1) is 22.1. The lowest BCUT2D eigenvalue weighted by molar-refractivity contribution is -0.119. The fourth-order valence-electron chi connectivity index (χ4n) is 3.92. The van der Waals surface area contributed by atoms with Crippen LogP contribution in [0.4, 0.5) is 0 Å². The molecule has 32 heavy (non-hydrogen) atoms. The monoisotopic (exact) mass is 445 g/mol. The Bertz CT molecular complexity index is 1330. The number of aromatic nitrogens is 2. The van der Waals surface area contributed by atoms with E-state index in [0.717, 1.165) is 22.8 Å². The van der Waals surface area contributed by atoms with Gasteiger partial charge in [-0.05, 0) is 48.7 Å². The maximum absolute atomic E-state index is 13.1. The van der Waals surface area contributed by atoms with Crippen molar-refractivity contribution in [3.05, 3.63) is 82.6 Å². The number of carbonyl (C=O) groups is 1. The van der Waals surface area contributed by atoms with Crippen molar-refractivity contribution in [2.75, 3.05) is 5.75 Å². The molecule has 1 aromatic heterocycles. The number of para-hydroxylation sites is 1. The second kappa shape index (κ2) is 9.57. The van der Waals surface area contributed by atoms with Crippen molar-refractivity contribution in [1.29, 1.82) is 0 Å². The molecular weight excluding hydrogens is 418 g/mol. The highest BCUT2D eigenvalue weighted by molar-refractivity contribution is 7.99. The van der Waals surface area contributed by atoms with Crippen LogP contribution in [0.15, 0.2) is 76.7 Å². The molecule has 0 aliphatic carbocycles. The summed E-state index contributed by atoms with van der Waals surface area (Å²) >= 11 is 1.31. The van der Waals surface area contributed by atoms with Crippen molar-refractivity contribution < 1.29 is 4.79 Å². The third-order valence-electron chi connectivity index (χ3n) is 5.81. The third-order valence-corrected chi connectivity index (χ3v) is 6.76. The highest BCUT2D eigenvalue weighted by Crippen LogP contribution is 2.25. The first-order valence-electron chi connectivity index (χ1n) is 10.9. The van der Waals surface area contributed by atoms with E-state index in [2.05, 4.69) is 23.5 Å². The summed E-state index contributed by atoms with van der Waals surface area (Å²) in [5.41, 5.74) is 1.68. The predicted octanol–water partition coefficient (Wildman–Crippen LogP) is 5.49. The maximum atomic E-state index is 13.1. The number of rotatable bonds is 7. The summed E-state index contributed by atoms with van der Waals surface area (Å²) in [7, 11) is 0. The molecule has 1 heterocycles. The van der Waals surface area contributed by atoms with Crippen LogP contribution in [0.1, 0.15) is 44.8 Å². The number of hydrogen-bond acceptors (Lipinski definition) is 4. The minimum atomic E-state index is -0.129. The molecule has 0 unspecified atom stereocenters. The smallest absolute Gasteiger partial charge is 0.262 e. The third kappa shape index (κ3) is 4.41. The molecule has 4 rings (SSSR count). The van der Waals surface area contributed by atoms with Crippen molar-refractivity contribution in [2.24, 2.45) is 0 Å². The zero-order valence-corrected chi connectivity index (χ0v) is 19.4. The SMILES string of the molecule is CC[C@H](C)n1c(SCC(=O)N[C@@H](C)c2cccc3ccccc23)nc2ccccc2c1=O. The second-order valence-corrected chi connectivity index (χ2v) is 8.93. The lowest BCUT2D eigenvalue weighted by Gasteiger charge is -2.19. The second-order valence-electron chi connectivity index (χ2n) is 7.99. The maximum Gasteiger partial charge on any atom is 0.262 e. The molecule has 0 bridgehead atoms. The number of amides is 1. The number of nitrogens with zero attached hydrogens (tertiary/aromatic N) is 2. The molecule has 1 amide bonds. The molecule has 164 valence electrons. The standard InChI is InChI=1S/C26H27N3O2S/c1-4-17(2)29-25(31)22-13-7-8-15-23(22)28-26(29)32-16-24(30)27-18(3)20-14-9-11-19-10-5-6-12-21(19)20/h5-15,17-18H,4,16H2,1-3H3,(H,27,30)/t17-,18-/m0/s1. The lowest BCUT2D eigenvalue weighted by Crippen LogP contribution is -2.30. The first-order chi connectivity index (χ1) is 15.5. The van der Waals surface area contributed by atoms with Gasteiger partial charge in [0, 0.05) is 6.04 Å². The Labute approximate surface area is 191 Å². The topological polar surface area (TPSA) is 64.0 Å². The van der Waals surface area contributed by atoms with Gasteiger partial charge in [-0.3, -0.25) is 14.2 Å². The molecule has 0 aliphatic rings. The van der Waals surface area contributed by atoms with E-state index in [1.165, 1.54) is 11.8 Å².